The third-order valence-electron chi connectivity index (χ3n) is 5.67. The average Bonchev–Trinajstić information content (AvgIpc) is 3.16. The summed E-state index contributed by atoms with van der Waals surface area (Å²) in [6.45, 7) is 4.85. The largest absolute Gasteiger partial charge is 0.383 e. The number of carbonyl (C=O) groups excluding carboxylic acids is 1. The SMILES string of the molecule is CCCn1c(N)c(N(CCOC)C(=O)c2cc3c(s2)CC[C@@H](CC)C3)c(=O)[nH]c1=O. The van der Waals surface area contributed by atoms with Crippen LogP contribution in [0.1, 0.15) is 53.2 Å². The molecule has 30 heavy (non-hydrogen) atoms. The van der Waals surface area contributed by atoms with Crippen molar-refractivity contribution < 1.29 is 9.53 Å². The van der Waals surface area contributed by atoms with Gasteiger partial charge in [0.15, 0.2) is 5.69 Å². The number of methoxy groups -OCH3 is 1. The number of hydrogen-bond acceptors (Lipinski definition) is 6. The minimum Gasteiger partial charge on any atom is -0.383 e. The number of anilines is 2. The lowest BCUT2D eigenvalue weighted by Crippen LogP contribution is -2.42. The van der Waals surface area contributed by atoms with E-state index in [4.69, 9.17) is 10.5 Å². The van der Waals surface area contributed by atoms with E-state index in [1.54, 1.807) is 0 Å². The Morgan fingerprint density at radius 3 is 2.83 bits per heavy atom. The van der Waals surface area contributed by atoms with E-state index in [0.717, 1.165) is 25.7 Å². The van der Waals surface area contributed by atoms with Crippen molar-refractivity contribution in [3.8, 4) is 0 Å². The molecule has 3 rings (SSSR count). The van der Waals surface area contributed by atoms with Crippen LogP contribution in [-0.4, -0.2) is 35.7 Å². The van der Waals surface area contributed by atoms with Crippen molar-refractivity contribution in [1.29, 1.82) is 0 Å². The van der Waals surface area contributed by atoms with E-state index < -0.39 is 11.2 Å². The molecule has 0 spiro atoms. The molecule has 1 atom stereocenters. The van der Waals surface area contributed by atoms with Gasteiger partial charge in [0, 0.05) is 25.1 Å². The second-order valence-electron chi connectivity index (χ2n) is 7.67. The van der Waals surface area contributed by atoms with Crippen LogP contribution in [-0.2, 0) is 24.1 Å². The molecule has 1 aliphatic rings. The molecule has 0 radical (unpaired) electrons. The molecule has 2 heterocycles. The maximum Gasteiger partial charge on any atom is 0.330 e. The van der Waals surface area contributed by atoms with Crippen LogP contribution in [0.25, 0.3) is 0 Å². The van der Waals surface area contributed by atoms with Crippen LogP contribution in [0, 0.1) is 5.92 Å². The van der Waals surface area contributed by atoms with Gasteiger partial charge in [-0.15, -0.1) is 11.3 Å². The molecule has 8 nitrogen and oxygen atoms in total. The lowest BCUT2D eigenvalue weighted by atomic mass is 9.87. The average molecular weight is 435 g/mol. The standard InChI is InChI=1S/C21H30N4O4S/c1-4-8-25-18(22)17(19(26)23-21(25)28)24(9-10-29-3)20(27)16-12-14-11-13(5-2)6-7-15(14)30-16/h12-13H,4-11,22H2,1-3H3,(H,23,26,28)/t13-/m1/s1. The maximum atomic E-state index is 13.5. The van der Waals surface area contributed by atoms with Gasteiger partial charge in [-0.2, -0.15) is 0 Å². The summed E-state index contributed by atoms with van der Waals surface area (Å²) < 4.78 is 6.46. The number of thiophene rings is 1. The van der Waals surface area contributed by atoms with Gasteiger partial charge in [0.2, 0.25) is 0 Å². The fraction of sp³-hybridized carbons (Fsp3) is 0.571. The third-order valence-corrected chi connectivity index (χ3v) is 6.89. The zero-order chi connectivity index (χ0) is 21.8. The van der Waals surface area contributed by atoms with Crippen molar-refractivity contribution >= 4 is 28.7 Å². The molecule has 164 valence electrons. The summed E-state index contributed by atoms with van der Waals surface area (Å²) in [6.07, 6.45) is 4.90. The number of hydrogen-bond donors (Lipinski definition) is 2. The number of fused-ring (bicyclic) bond motifs is 1. The van der Waals surface area contributed by atoms with E-state index >= 15 is 0 Å². The lowest BCUT2D eigenvalue weighted by Gasteiger charge is -2.23. The number of aromatic amines is 1. The number of nitrogen functional groups attached to an aromatic ring is 1. The fourth-order valence-electron chi connectivity index (χ4n) is 3.97. The number of nitrogens with zero attached hydrogens (tertiary/aromatic N) is 2. The first kappa shape index (κ1) is 22.3. The minimum atomic E-state index is -0.665. The smallest absolute Gasteiger partial charge is 0.330 e. The van der Waals surface area contributed by atoms with E-state index in [0.29, 0.717) is 23.8 Å². The highest BCUT2D eigenvalue weighted by atomic mass is 32.1. The molecule has 0 saturated heterocycles. The number of amides is 1. The number of rotatable bonds is 8. The molecular formula is C21H30N4O4S. The number of nitrogens with one attached hydrogen (secondary N) is 1. The van der Waals surface area contributed by atoms with Gasteiger partial charge in [0.25, 0.3) is 11.5 Å². The van der Waals surface area contributed by atoms with Gasteiger partial charge in [-0.3, -0.25) is 24.0 Å². The molecule has 2 aromatic heterocycles. The van der Waals surface area contributed by atoms with Crippen LogP contribution in [0.15, 0.2) is 15.7 Å². The van der Waals surface area contributed by atoms with Gasteiger partial charge >= 0.3 is 5.69 Å². The van der Waals surface area contributed by atoms with E-state index in [1.807, 2.05) is 13.0 Å². The minimum absolute atomic E-state index is 0.00224. The molecule has 9 heteroatoms. The summed E-state index contributed by atoms with van der Waals surface area (Å²) in [4.78, 5) is 43.8. The zero-order valence-corrected chi connectivity index (χ0v) is 18.6. The summed E-state index contributed by atoms with van der Waals surface area (Å²) in [6, 6.07) is 1.95. The lowest BCUT2D eigenvalue weighted by molar-refractivity contribution is 0.0979. The first-order valence-corrected chi connectivity index (χ1v) is 11.3. The summed E-state index contributed by atoms with van der Waals surface area (Å²) in [5, 5.41) is 0. The van der Waals surface area contributed by atoms with Gasteiger partial charge in [-0.05, 0) is 43.2 Å². The third kappa shape index (κ3) is 4.37. The second kappa shape index (κ2) is 9.61. The molecule has 0 aliphatic heterocycles. The molecule has 1 aliphatic carbocycles. The molecule has 0 unspecified atom stereocenters. The maximum absolute atomic E-state index is 13.5. The normalized spacial score (nSPS) is 15.8. The van der Waals surface area contributed by atoms with Gasteiger partial charge in [-0.25, -0.2) is 4.79 Å². The van der Waals surface area contributed by atoms with Crippen LogP contribution >= 0.6 is 11.3 Å². The highest BCUT2D eigenvalue weighted by Gasteiger charge is 2.28. The number of nitrogens with two attached hydrogens (primary N) is 1. The molecule has 0 bridgehead atoms. The fourth-order valence-corrected chi connectivity index (χ4v) is 5.12. The Morgan fingerprint density at radius 2 is 2.17 bits per heavy atom. The second-order valence-corrected chi connectivity index (χ2v) is 8.81. The highest BCUT2D eigenvalue weighted by Crippen LogP contribution is 2.34. The van der Waals surface area contributed by atoms with Crippen LogP contribution in [0.5, 0.6) is 0 Å². The Labute approximate surface area is 179 Å². The monoisotopic (exact) mass is 434 g/mol. The van der Waals surface area contributed by atoms with E-state index in [1.165, 1.54) is 38.4 Å². The molecular weight excluding hydrogens is 404 g/mol. The molecule has 0 fully saturated rings. The van der Waals surface area contributed by atoms with Crippen LogP contribution < -0.4 is 21.9 Å². The topological polar surface area (TPSA) is 110 Å². The van der Waals surface area contributed by atoms with Crippen LogP contribution in [0.3, 0.4) is 0 Å². The van der Waals surface area contributed by atoms with Crippen molar-refractivity contribution in [2.24, 2.45) is 5.92 Å². The number of aromatic nitrogens is 2. The van der Waals surface area contributed by atoms with E-state index in [-0.39, 0.29) is 30.6 Å². The van der Waals surface area contributed by atoms with Crippen molar-refractivity contribution in [3.63, 3.8) is 0 Å². The number of ether oxygens (including phenoxy) is 1. The van der Waals surface area contributed by atoms with E-state index in [2.05, 4.69) is 11.9 Å². The predicted molar refractivity (Wildman–Crippen MR) is 120 cm³/mol. The van der Waals surface area contributed by atoms with Crippen molar-refractivity contribution in [2.45, 2.75) is 52.5 Å². The molecule has 0 saturated carbocycles. The Morgan fingerprint density at radius 1 is 1.40 bits per heavy atom. The summed E-state index contributed by atoms with van der Waals surface area (Å²) in [7, 11) is 1.53. The Bertz CT molecular complexity index is 1020. The van der Waals surface area contributed by atoms with Crippen LogP contribution in [0.4, 0.5) is 11.5 Å². The van der Waals surface area contributed by atoms with Crippen molar-refractivity contribution in [3.05, 3.63) is 42.2 Å². The van der Waals surface area contributed by atoms with Gasteiger partial charge in [-0.1, -0.05) is 20.3 Å². The van der Waals surface area contributed by atoms with Gasteiger partial charge in [0.1, 0.15) is 5.82 Å². The Kier molecular flexibility index (Phi) is 7.14. The highest BCUT2D eigenvalue weighted by molar-refractivity contribution is 7.14. The summed E-state index contributed by atoms with van der Waals surface area (Å²) in [5.74, 6) is 0.358. The Hall–Kier alpha value is -2.39. The first-order valence-electron chi connectivity index (χ1n) is 10.5. The molecule has 1 amide bonds. The summed E-state index contributed by atoms with van der Waals surface area (Å²) in [5.41, 5.74) is 6.20. The number of carbonyl (C=O) groups is 1. The number of H-pyrrole nitrogens is 1. The molecule has 3 N–H and O–H groups in total. The summed E-state index contributed by atoms with van der Waals surface area (Å²) >= 11 is 1.49. The van der Waals surface area contributed by atoms with Crippen molar-refractivity contribution in [1.82, 2.24) is 9.55 Å². The Balaban J connectivity index is 2.03. The predicted octanol–water partition coefficient (Wildman–Crippen LogP) is 2.40. The van der Waals surface area contributed by atoms with Gasteiger partial charge in [0.05, 0.1) is 11.5 Å². The van der Waals surface area contributed by atoms with Crippen LogP contribution in [0.2, 0.25) is 0 Å². The zero-order valence-electron chi connectivity index (χ0n) is 17.8. The first-order chi connectivity index (χ1) is 14.4. The van der Waals surface area contributed by atoms with Gasteiger partial charge < -0.3 is 10.5 Å². The molecule has 2 aromatic rings. The number of aryl methyl sites for hydroxylation is 1. The van der Waals surface area contributed by atoms with Crippen molar-refractivity contribution in [2.75, 3.05) is 30.9 Å². The molecule has 0 aromatic carbocycles. The quantitative estimate of drug-likeness (QED) is 0.663. The van der Waals surface area contributed by atoms with E-state index in [9.17, 15) is 14.4 Å².